The molecule has 0 aliphatic rings. The van der Waals surface area contributed by atoms with Gasteiger partial charge in [-0.05, 0) is 19.4 Å². The van der Waals surface area contributed by atoms with Gasteiger partial charge in [-0.2, -0.15) is 0 Å². The third-order valence-corrected chi connectivity index (χ3v) is 3.20. The maximum Gasteiger partial charge on any atom is 0.111 e. The summed E-state index contributed by atoms with van der Waals surface area (Å²) in [6, 6.07) is 0. The molecular weight excluding hydrogens is 206 g/mol. The molecule has 0 aromatic carbocycles. The van der Waals surface area contributed by atoms with Crippen molar-refractivity contribution in [2.45, 2.75) is 13.8 Å². The molecule has 3 heterocycles. The highest BCUT2D eigenvalue weighted by Gasteiger charge is 2.07. The lowest BCUT2D eigenvalue weighted by Crippen LogP contribution is -1.93. The zero-order chi connectivity index (χ0) is 10.4. The molecule has 3 aromatic rings. The number of hydrogen-bond donors (Lipinski definition) is 0. The Morgan fingerprint density at radius 2 is 1.67 bits per heavy atom. The van der Waals surface area contributed by atoms with E-state index in [1.165, 1.54) is 0 Å². The van der Waals surface area contributed by atoms with Gasteiger partial charge in [-0.15, -0.1) is 11.3 Å². The van der Waals surface area contributed by atoms with Crippen molar-refractivity contribution in [2.75, 3.05) is 0 Å². The van der Waals surface area contributed by atoms with Crippen molar-refractivity contribution < 1.29 is 0 Å². The molecule has 0 radical (unpaired) electrons. The van der Waals surface area contributed by atoms with E-state index < -0.39 is 0 Å². The minimum absolute atomic E-state index is 0.918. The second-order valence-electron chi connectivity index (χ2n) is 3.59. The van der Waals surface area contributed by atoms with Crippen molar-refractivity contribution in [3.8, 4) is 0 Å². The zero-order valence-corrected chi connectivity index (χ0v) is 9.30. The lowest BCUT2D eigenvalue weighted by Gasteiger charge is -2.02. The van der Waals surface area contributed by atoms with Gasteiger partial charge in [0.15, 0.2) is 0 Å². The van der Waals surface area contributed by atoms with E-state index in [1.54, 1.807) is 11.3 Å². The number of aryl methyl sites for hydroxylation is 2. The number of thiophene rings is 1. The molecule has 0 saturated heterocycles. The molecule has 15 heavy (non-hydrogen) atoms. The van der Waals surface area contributed by atoms with Gasteiger partial charge in [0.05, 0.1) is 11.2 Å². The van der Waals surface area contributed by atoms with Gasteiger partial charge < -0.3 is 0 Å². The second kappa shape index (κ2) is 2.97. The molecule has 0 amide bonds. The first-order valence-electron chi connectivity index (χ1n) is 4.71. The molecule has 0 unspecified atom stereocenters. The minimum Gasteiger partial charge on any atom is -0.259 e. The number of hydrogen-bond acceptors (Lipinski definition) is 4. The van der Waals surface area contributed by atoms with Gasteiger partial charge in [0.2, 0.25) is 0 Å². The second-order valence-corrected chi connectivity index (χ2v) is 4.33. The number of pyridine rings is 1. The first-order valence-corrected chi connectivity index (χ1v) is 5.66. The van der Waals surface area contributed by atoms with Crippen LogP contribution in [0.1, 0.15) is 11.3 Å². The summed E-state index contributed by atoms with van der Waals surface area (Å²) in [5.41, 5.74) is 5.84. The van der Waals surface area contributed by atoms with Crippen LogP contribution in [-0.2, 0) is 0 Å². The van der Waals surface area contributed by atoms with E-state index >= 15 is 0 Å². The predicted octanol–water partition coefficient (Wildman–Crippen LogP) is 2.86. The smallest absolute Gasteiger partial charge is 0.111 e. The van der Waals surface area contributed by atoms with E-state index in [9.17, 15) is 0 Å². The fourth-order valence-electron chi connectivity index (χ4n) is 1.64. The lowest BCUT2D eigenvalue weighted by molar-refractivity contribution is 1.18. The fraction of sp³-hybridized carbons (Fsp3) is 0.182. The summed E-state index contributed by atoms with van der Waals surface area (Å²) < 4.78 is 0. The third kappa shape index (κ3) is 1.22. The first kappa shape index (κ1) is 8.73. The molecule has 0 aliphatic heterocycles. The Balaban J connectivity index is 2.58. The molecule has 0 saturated carbocycles. The molecule has 74 valence electrons. The highest BCUT2D eigenvalue weighted by atomic mass is 32.1. The highest BCUT2D eigenvalue weighted by molar-refractivity contribution is 7.09. The number of aromatic nitrogens is 3. The molecule has 0 atom stereocenters. The number of nitrogens with zero attached hydrogens (tertiary/aromatic N) is 3. The van der Waals surface area contributed by atoms with Crippen LogP contribution in [0.25, 0.3) is 22.1 Å². The summed E-state index contributed by atoms with van der Waals surface area (Å²) in [6.07, 6.45) is 1.85. The van der Waals surface area contributed by atoms with Crippen LogP contribution >= 0.6 is 11.3 Å². The van der Waals surface area contributed by atoms with Crippen molar-refractivity contribution >= 4 is 33.4 Å². The van der Waals surface area contributed by atoms with Gasteiger partial charge >= 0.3 is 0 Å². The van der Waals surface area contributed by atoms with E-state index in [0.29, 0.717) is 0 Å². The van der Waals surface area contributed by atoms with Crippen molar-refractivity contribution in [3.63, 3.8) is 0 Å². The van der Waals surface area contributed by atoms with Crippen LogP contribution < -0.4 is 0 Å². The summed E-state index contributed by atoms with van der Waals surface area (Å²) in [6.45, 7) is 3.98. The van der Waals surface area contributed by atoms with Gasteiger partial charge in [0.25, 0.3) is 0 Å². The Morgan fingerprint density at radius 1 is 1.00 bits per heavy atom. The molecule has 0 spiro atoms. The van der Waals surface area contributed by atoms with Crippen LogP contribution in [0, 0.1) is 13.8 Å². The summed E-state index contributed by atoms with van der Waals surface area (Å²) in [4.78, 5) is 13.5. The Hall–Kier alpha value is -1.55. The normalized spacial score (nSPS) is 11.3. The Bertz CT molecular complexity index is 602. The molecule has 3 rings (SSSR count). The third-order valence-electron chi connectivity index (χ3n) is 2.48. The molecular formula is C11H9N3S. The topological polar surface area (TPSA) is 38.7 Å². The average Bonchev–Trinajstić information content (AvgIpc) is 2.69. The standard InChI is InChI=1S/C11H9N3S/c1-6-3-12-7(2)11-10(6)13-8-4-15-5-9(8)14-11/h3-5H,1-2H3. The SMILES string of the molecule is Cc1cnc(C)c2nc3cscc3nc12. The minimum atomic E-state index is 0.918. The largest absolute Gasteiger partial charge is 0.259 e. The Kier molecular flexibility index (Phi) is 1.73. The van der Waals surface area contributed by atoms with E-state index in [4.69, 9.17) is 0 Å². The van der Waals surface area contributed by atoms with Crippen molar-refractivity contribution in [1.82, 2.24) is 15.0 Å². The maximum absolute atomic E-state index is 4.61. The van der Waals surface area contributed by atoms with Gasteiger partial charge in [-0.25, -0.2) is 9.97 Å². The van der Waals surface area contributed by atoms with Crippen LogP contribution in [-0.4, -0.2) is 15.0 Å². The van der Waals surface area contributed by atoms with E-state index in [-0.39, 0.29) is 0 Å². The number of fused-ring (bicyclic) bond motifs is 2. The Morgan fingerprint density at radius 3 is 2.40 bits per heavy atom. The van der Waals surface area contributed by atoms with E-state index in [0.717, 1.165) is 33.3 Å². The summed E-state index contributed by atoms with van der Waals surface area (Å²) in [7, 11) is 0. The molecule has 0 N–H and O–H groups in total. The van der Waals surface area contributed by atoms with Crippen LogP contribution in [0.15, 0.2) is 17.0 Å². The van der Waals surface area contributed by atoms with Gasteiger partial charge in [-0.3, -0.25) is 4.98 Å². The Labute approximate surface area is 90.8 Å². The maximum atomic E-state index is 4.61. The van der Waals surface area contributed by atoms with Crippen molar-refractivity contribution in [3.05, 3.63) is 28.2 Å². The first-order chi connectivity index (χ1) is 7.25. The van der Waals surface area contributed by atoms with Crippen molar-refractivity contribution in [2.24, 2.45) is 0 Å². The van der Waals surface area contributed by atoms with Crippen LogP contribution in [0.2, 0.25) is 0 Å². The lowest BCUT2D eigenvalue weighted by atomic mass is 10.2. The molecule has 3 nitrogen and oxygen atoms in total. The number of rotatable bonds is 0. The van der Waals surface area contributed by atoms with Crippen LogP contribution in [0.4, 0.5) is 0 Å². The molecule has 0 aliphatic carbocycles. The van der Waals surface area contributed by atoms with Gasteiger partial charge in [0.1, 0.15) is 16.6 Å². The molecule has 0 bridgehead atoms. The quantitative estimate of drug-likeness (QED) is 0.578. The van der Waals surface area contributed by atoms with Crippen molar-refractivity contribution in [1.29, 1.82) is 0 Å². The highest BCUT2D eigenvalue weighted by Crippen LogP contribution is 2.22. The summed E-state index contributed by atoms with van der Waals surface area (Å²) in [5, 5.41) is 4.04. The average molecular weight is 215 g/mol. The van der Waals surface area contributed by atoms with E-state index in [1.807, 2.05) is 30.8 Å². The van der Waals surface area contributed by atoms with Crippen LogP contribution in [0.5, 0.6) is 0 Å². The molecule has 4 heteroatoms. The van der Waals surface area contributed by atoms with Gasteiger partial charge in [-0.1, -0.05) is 0 Å². The summed E-state index contributed by atoms with van der Waals surface area (Å²) in [5.74, 6) is 0. The molecule has 3 aromatic heterocycles. The summed E-state index contributed by atoms with van der Waals surface area (Å²) >= 11 is 1.63. The molecule has 0 fully saturated rings. The van der Waals surface area contributed by atoms with Gasteiger partial charge in [0, 0.05) is 17.0 Å². The van der Waals surface area contributed by atoms with E-state index in [2.05, 4.69) is 15.0 Å². The zero-order valence-electron chi connectivity index (χ0n) is 8.48. The van der Waals surface area contributed by atoms with Crippen LogP contribution in [0.3, 0.4) is 0 Å². The predicted molar refractivity (Wildman–Crippen MR) is 62.2 cm³/mol. The fourth-order valence-corrected chi connectivity index (χ4v) is 2.31. The monoisotopic (exact) mass is 215 g/mol.